The van der Waals surface area contributed by atoms with Gasteiger partial charge >= 0.3 is 0 Å². The maximum atomic E-state index is 12.7. The summed E-state index contributed by atoms with van der Waals surface area (Å²) in [6.45, 7) is 3.66. The summed E-state index contributed by atoms with van der Waals surface area (Å²) in [5, 5.41) is 9.89. The van der Waals surface area contributed by atoms with Crippen molar-refractivity contribution in [1.29, 1.82) is 0 Å². The molecule has 1 aliphatic heterocycles. The third-order valence-electron chi connectivity index (χ3n) is 4.65. The number of fused-ring (bicyclic) bond motifs is 3. The first-order valence-corrected chi connectivity index (χ1v) is 9.67. The van der Waals surface area contributed by atoms with E-state index in [-0.39, 0.29) is 11.2 Å². The molecule has 1 N–H and O–H groups in total. The number of hydrogen-bond acceptors (Lipinski definition) is 5. The monoisotopic (exact) mass is 355 g/mol. The smallest absolute Gasteiger partial charge is 0.235 e. The van der Waals surface area contributed by atoms with Crippen molar-refractivity contribution in [3.63, 3.8) is 0 Å². The molecule has 130 valence electrons. The average molecular weight is 355 g/mol. The van der Waals surface area contributed by atoms with Gasteiger partial charge < -0.3 is 9.88 Å². The Kier molecular flexibility index (Phi) is 4.57. The number of benzene rings is 1. The van der Waals surface area contributed by atoms with Gasteiger partial charge in [-0.2, -0.15) is 0 Å². The highest BCUT2D eigenvalue weighted by molar-refractivity contribution is 8.00. The van der Waals surface area contributed by atoms with E-state index in [1.54, 1.807) is 0 Å². The van der Waals surface area contributed by atoms with Gasteiger partial charge in [0.25, 0.3) is 0 Å². The van der Waals surface area contributed by atoms with Crippen LogP contribution < -0.4 is 0 Å². The fourth-order valence-corrected chi connectivity index (χ4v) is 4.11. The molecule has 0 bridgehead atoms. The van der Waals surface area contributed by atoms with Crippen molar-refractivity contribution in [2.45, 2.75) is 43.0 Å². The number of amides is 1. The summed E-state index contributed by atoms with van der Waals surface area (Å²) in [6, 6.07) is 7.95. The van der Waals surface area contributed by atoms with Crippen LogP contribution in [0.2, 0.25) is 0 Å². The molecule has 1 aliphatic rings. The number of para-hydroxylation sites is 1. The number of thioether (sulfide) groups is 1. The molecule has 1 saturated heterocycles. The molecule has 0 saturated carbocycles. The number of hydrogen-bond donors (Lipinski definition) is 1. The minimum Gasteiger partial charge on any atom is -0.342 e. The van der Waals surface area contributed by atoms with Gasteiger partial charge in [0.05, 0.1) is 5.25 Å². The molecular formula is C18H21N5OS. The maximum absolute atomic E-state index is 12.7. The normalized spacial score (nSPS) is 16.9. The van der Waals surface area contributed by atoms with Crippen LogP contribution in [0.3, 0.4) is 0 Å². The molecule has 0 radical (unpaired) electrons. The first kappa shape index (κ1) is 16.3. The molecule has 3 aromatic rings. The van der Waals surface area contributed by atoms with Crippen LogP contribution in [0, 0.1) is 0 Å². The van der Waals surface area contributed by atoms with Gasteiger partial charge in [0.15, 0.2) is 5.65 Å². The fourth-order valence-electron chi connectivity index (χ4n) is 3.31. The zero-order chi connectivity index (χ0) is 17.2. The van der Waals surface area contributed by atoms with Gasteiger partial charge in [-0.1, -0.05) is 42.8 Å². The largest absolute Gasteiger partial charge is 0.342 e. The van der Waals surface area contributed by atoms with Crippen LogP contribution in [-0.4, -0.2) is 49.3 Å². The molecule has 0 spiro atoms. The number of nitrogens with zero attached hydrogens (tertiary/aromatic N) is 4. The van der Waals surface area contributed by atoms with E-state index in [9.17, 15) is 4.79 Å². The lowest BCUT2D eigenvalue weighted by atomic mass is 10.2. The van der Waals surface area contributed by atoms with Gasteiger partial charge in [-0.05, 0) is 25.8 Å². The lowest BCUT2D eigenvalue weighted by Crippen LogP contribution is -2.37. The number of carbonyl (C=O) groups excluding carboxylic acids is 1. The van der Waals surface area contributed by atoms with Gasteiger partial charge in [0.1, 0.15) is 5.52 Å². The Balaban J connectivity index is 1.53. The second-order valence-electron chi connectivity index (χ2n) is 6.46. The van der Waals surface area contributed by atoms with Crippen LogP contribution in [0.4, 0.5) is 0 Å². The highest BCUT2D eigenvalue weighted by Gasteiger charge is 2.23. The first-order valence-electron chi connectivity index (χ1n) is 8.79. The topological polar surface area (TPSA) is 74.8 Å². The first-order chi connectivity index (χ1) is 12.2. The summed E-state index contributed by atoms with van der Waals surface area (Å²) in [5.74, 6) is 0.173. The van der Waals surface area contributed by atoms with E-state index in [2.05, 4.69) is 20.2 Å². The molecule has 3 heterocycles. The fraction of sp³-hybridized carbons (Fsp3) is 0.444. The Labute approximate surface area is 150 Å². The summed E-state index contributed by atoms with van der Waals surface area (Å²) >= 11 is 1.38. The number of carbonyl (C=O) groups is 1. The lowest BCUT2D eigenvalue weighted by molar-refractivity contribution is -0.130. The van der Waals surface area contributed by atoms with Crippen molar-refractivity contribution in [3.05, 3.63) is 24.3 Å². The second kappa shape index (κ2) is 7.00. The molecular weight excluding hydrogens is 334 g/mol. The molecule has 2 aromatic heterocycles. The number of H-pyrrole nitrogens is 1. The Bertz CT molecular complexity index is 901. The van der Waals surface area contributed by atoms with Crippen molar-refractivity contribution >= 4 is 39.7 Å². The minimum atomic E-state index is -0.207. The Hall–Kier alpha value is -2.15. The number of aromatic nitrogens is 4. The Morgan fingerprint density at radius 3 is 2.72 bits per heavy atom. The van der Waals surface area contributed by atoms with Crippen LogP contribution in [0.25, 0.3) is 22.1 Å². The number of rotatable bonds is 3. The lowest BCUT2D eigenvalue weighted by Gasteiger charge is -2.23. The third-order valence-corrected chi connectivity index (χ3v) is 5.59. The van der Waals surface area contributed by atoms with Crippen LogP contribution in [0.5, 0.6) is 0 Å². The number of likely N-dealkylation sites (tertiary alicyclic amines) is 1. The van der Waals surface area contributed by atoms with Gasteiger partial charge in [-0.15, -0.1) is 10.2 Å². The quantitative estimate of drug-likeness (QED) is 0.729. The summed E-state index contributed by atoms with van der Waals surface area (Å²) in [6.07, 6.45) is 4.63. The van der Waals surface area contributed by atoms with Gasteiger partial charge in [0.2, 0.25) is 11.1 Å². The van der Waals surface area contributed by atoms with Crippen molar-refractivity contribution in [1.82, 2.24) is 25.1 Å². The van der Waals surface area contributed by atoms with E-state index in [0.717, 1.165) is 42.4 Å². The van der Waals surface area contributed by atoms with Gasteiger partial charge in [0, 0.05) is 24.0 Å². The zero-order valence-electron chi connectivity index (χ0n) is 14.2. The molecule has 25 heavy (non-hydrogen) atoms. The van der Waals surface area contributed by atoms with E-state index < -0.39 is 0 Å². The summed E-state index contributed by atoms with van der Waals surface area (Å²) in [5.41, 5.74) is 2.48. The van der Waals surface area contributed by atoms with E-state index >= 15 is 0 Å². The molecule has 6 nitrogen and oxygen atoms in total. The van der Waals surface area contributed by atoms with Gasteiger partial charge in [-0.25, -0.2) is 4.98 Å². The zero-order valence-corrected chi connectivity index (χ0v) is 15.1. The molecule has 7 heteroatoms. The standard InChI is InChI=1S/C18H21N5OS/c1-12(17(24)23-10-6-2-3-7-11-23)25-18-20-16-15(21-22-18)13-8-4-5-9-14(13)19-16/h4-5,8-9,12H,2-3,6-7,10-11H2,1H3,(H,19,20,22)/t12-/m0/s1. The molecule has 1 amide bonds. The van der Waals surface area contributed by atoms with E-state index in [1.807, 2.05) is 36.1 Å². The van der Waals surface area contributed by atoms with Crippen molar-refractivity contribution < 1.29 is 4.79 Å². The predicted octanol–water partition coefficient (Wildman–Crippen LogP) is 3.39. The molecule has 0 unspecified atom stereocenters. The third kappa shape index (κ3) is 3.33. The van der Waals surface area contributed by atoms with Crippen molar-refractivity contribution in [2.24, 2.45) is 0 Å². The Morgan fingerprint density at radius 1 is 1.16 bits per heavy atom. The van der Waals surface area contributed by atoms with Gasteiger partial charge in [-0.3, -0.25) is 4.79 Å². The predicted molar refractivity (Wildman–Crippen MR) is 99.6 cm³/mol. The summed E-state index contributed by atoms with van der Waals surface area (Å²) < 4.78 is 0. The molecule has 0 aliphatic carbocycles. The Morgan fingerprint density at radius 2 is 1.92 bits per heavy atom. The van der Waals surface area contributed by atoms with Crippen molar-refractivity contribution in [2.75, 3.05) is 13.1 Å². The van der Waals surface area contributed by atoms with Crippen LogP contribution in [-0.2, 0) is 4.79 Å². The molecule has 1 atom stereocenters. The SMILES string of the molecule is C[C@H](Sc1nnc2c(n1)[nH]c1ccccc12)C(=O)N1CCCCCC1. The highest BCUT2D eigenvalue weighted by atomic mass is 32.2. The van der Waals surface area contributed by atoms with E-state index in [0.29, 0.717) is 10.8 Å². The highest BCUT2D eigenvalue weighted by Crippen LogP contribution is 2.26. The average Bonchev–Trinajstić information content (AvgIpc) is 2.80. The van der Waals surface area contributed by atoms with E-state index in [4.69, 9.17) is 0 Å². The minimum absolute atomic E-state index is 0.173. The number of nitrogens with one attached hydrogen (secondary N) is 1. The molecule has 1 aromatic carbocycles. The number of aromatic amines is 1. The molecule has 4 rings (SSSR count). The van der Waals surface area contributed by atoms with Crippen LogP contribution in [0.1, 0.15) is 32.6 Å². The maximum Gasteiger partial charge on any atom is 0.235 e. The second-order valence-corrected chi connectivity index (χ2v) is 7.77. The van der Waals surface area contributed by atoms with E-state index in [1.165, 1.54) is 24.6 Å². The summed E-state index contributed by atoms with van der Waals surface area (Å²) in [7, 11) is 0. The van der Waals surface area contributed by atoms with Crippen LogP contribution in [0.15, 0.2) is 29.4 Å². The van der Waals surface area contributed by atoms with Crippen LogP contribution >= 0.6 is 11.8 Å². The summed E-state index contributed by atoms with van der Waals surface area (Å²) in [4.78, 5) is 22.5. The van der Waals surface area contributed by atoms with Crippen molar-refractivity contribution in [3.8, 4) is 0 Å². The molecule has 1 fully saturated rings.